The van der Waals surface area contributed by atoms with E-state index in [9.17, 15) is 14.0 Å². The Labute approximate surface area is 173 Å². The van der Waals surface area contributed by atoms with Crippen LogP contribution in [-0.2, 0) is 24.3 Å². The van der Waals surface area contributed by atoms with Gasteiger partial charge in [0.05, 0.1) is 12.8 Å². The van der Waals surface area contributed by atoms with Gasteiger partial charge in [0.25, 0.3) is 11.8 Å². The summed E-state index contributed by atoms with van der Waals surface area (Å²) in [4.78, 5) is 26.6. The molecule has 2 heterocycles. The Morgan fingerprint density at radius 1 is 1.13 bits per heavy atom. The van der Waals surface area contributed by atoms with Crippen LogP contribution in [0.5, 0.6) is 5.75 Å². The quantitative estimate of drug-likeness (QED) is 0.651. The SMILES string of the molecule is O=C(COc1cccc2c1CCN(Cc1ccccc1F)C2=O)NCc1ccco1. The molecule has 0 unspecified atom stereocenters. The lowest BCUT2D eigenvalue weighted by molar-refractivity contribution is -0.123. The molecule has 0 saturated carbocycles. The van der Waals surface area contributed by atoms with E-state index in [-0.39, 0.29) is 37.3 Å². The molecule has 2 amide bonds. The summed E-state index contributed by atoms with van der Waals surface area (Å²) >= 11 is 0. The van der Waals surface area contributed by atoms with Gasteiger partial charge in [-0.05, 0) is 36.8 Å². The highest BCUT2D eigenvalue weighted by Crippen LogP contribution is 2.29. The molecule has 0 aliphatic carbocycles. The lowest BCUT2D eigenvalue weighted by atomic mass is 9.97. The third-order valence-electron chi connectivity index (χ3n) is 5.00. The van der Waals surface area contributed by atoms with E-state index in [0.717, 1.165) is 5.56 Å². The van der Waals surface area contributed by atoms with Gasteiger partial charge < -0.3 is 19.4 Å². The van der Waals surface area contributed by atoms with Crippen LogP contribution in [0, 0.1) is 5.82 Å². The average molecular weight is 408 g/mol. The summed E-state index contributed by atoms with van der Waals surface area (Å²) in [6, 6.07) is 15.2. The van der Waals surface area contributed by atoms with Crippen molar-refractivity contribution in [2.75, 3.05) is 13.2 Å². The van der Waals surface area contributed by atoms with Crippen LogP contribution >= 0.6 is 0 Å². The van der Waals surface area contributed by atoms with E-state index in [2.05, 4.69) is 5.32 Å². The zero-order valence-electron chi connectivity index (χ0n) is 16.3. The van der Waals surface area contributed by atoms with Gasteiger partial charge in [-0.1, -0.05) is 24.3 Å². The molecule has 3 aromatic rings. The average Bonchev–Trinajstić information content (AvgIpc) is 3.28. The third-order valence-corrected chi connectivity index (χ3v) is 5.00. The first-order chi connectivity index (χ1) is 14.6. The van der Waals surface area contributed by atoms with Crippen LogP contribution in [0.3, 0.4) is 0 Å². The molecule has 1 aliphatic heterocycles. The summed E-state index contributed by atoms with van der Waals surface area (Å²) in [6.45, 7) is 0.784. The number of nitrogens with zero attached hydrogens (tertiary/aromatic N) is 1. The molecular weight excluding hydrogens is 387 g/mol. The molecule has 1 aliphatic rings. The summed E-state index contributed by atoms with van der Waals surface area (Å²) in [7, 11) is 0. The van der Waals surface area contributed by atoms with E-state index in [4.69, 9.17) is 9.15 Å². The molecule has 4 rings (SSSR count). The second-order valence-corrected chi connectivity index (χ2v) is 7.00. The molecule has 30 heavy (non-hydrogen) atoms. The third kappa shape index (κ3) is 4.35. The maximum atomic E-state index is 14.0. The van der Waals surface area contributed by atoms with Crippen molar-refractivity contribution in [1.29, 1.82) is 0 Å². The molecule has 0 atom stereocenters. The number of nitrogens with one attached hydrogen (secondary N) is 1. The summed E-state index contributed by atoms with van der Waals surface area (Å²) in [5, 5.41) is 2.72. The zero-order chi connectivity index (χ0) is 20.9. The van der Waals surface area contributed by atoms with E-state index in [1.807, 2.05) is 0 Å². The highest BCUT2D eigenvalue weighted by molar-refractivity contribution is 5.97. The van der Waals surface area contributed by atoms with E-state index >= 15 is 0 Å². The Hall–Kier alpha value is -3.61. The Morgan fingerprint density at radius 3 is 2.80 bits per heavy atom. The van der Waals surface area contributed by atoms with Crippen molar-refractivity contribution in [1.82, 2.24) is 10.2 Å². The number of hydrogen-bond acceptors (Lipinski definition) is 4. The van der Waals surface area contributed by atoms with Gasteiger partial charge in [0.15, 0.2) is 6.61 Å². The number of amides is 2. The number of fused-ring (bicyclic) bond motifs is 1. The number of carbonyl (C=O) groups excluding carboxylic acids is 2. The van der Waals surface area contributed by atoms with Crippen molar-refractivity contribution in [3.8, 4) is 5.75 Å². The maximum absolute atomic E-state index is 14.0. The van der Waals surface area contributed by atoms with Crippen LogP contribution in [0.1, 0.15) is 27.2 Å². The van der Waals surface area contributed by atoms with Gasteiger partial charge in [0.2, 0.25) is 0 Å². The Balaban J connectivity index is 1.40. The van der Waals surface area contributed by atoms with Gasteiger partial charge in [0, 0.05) is 29.8 Å². The highest BCUT2D eigenvalue weighted by atomic mass is 19.1. The first kappa shape index (κ1) is 19.7. The van der Waals surface area contributed by atoms with Gasteiger partial charge in [-0.15, -0.1) is 0 Å². The van der Waals surface area contributed by atoms with Crippen LogP contribution in [0.4, 0.5) is 4.39 Å². The Kier molecular flexibility index (Phi) is 5.79. The van der Waals surface area contributed by atoms with Crippen LogP contribution in [-0.4, -0.2) is 29.9 Å². The second kappa shape index (κ2) is 8.82. The number of furan rings is 1. The molecule has 0 radical (unpaired) electrons. The highest BCUT2D eigenvalue weighted by Gasteiger charge is 2.27. The largest absolute Gasteiger partial charge is 0.483 e. The van der Waals surface area contributed by atoms with Crippen LogP contribution in [0.2, 0.25) is 0 Å². The summed E-state index contributed by atoms with van der Waals surface area (Å²) in [5.41, 5.74) is 1.77. The Morgan fingerprint density at radius 2 is 2.00 bits per heavy atom. The molecular formula is C23H21FN2O4. The normalized spacial score (nSPS) is 13.1. The zero-order valence-corrected chi connectivity index (χ0v) is 16.3. The van der Waals surface area contributed by atoms with Crippen molar-refractivity contribution in [3.63, 3.8) is 0 Å². The summed E-state index contributed by atoms with van der Waals surface area (Å²) < 4.78 is 24.8. The number of ether oxygens (including phenoxy) is 1. The van der Waals surface area contributed by atoms with Crippen LogP contribution in [0.15, 0.2) is 65.3 Å². The summed E-state index contributed by atoms with van der Waals surface area (Å²) in [6.07, 6.45) is 2.11. The topological polar surface area (TPSA) is 71.8 Å². The number of hydrogen-bond donors (Lipinski definition) is 1. The van der Waals surface area contributed by atoms with Gasteiger partial charge in [-0.3, -0.25) is 9.59 Å². The molecule has 0 fully saturated rings. The lowest BCUT2D eigenvalue weighted by Gasteiger charge is -2.29. The molecule has 2 aromatic carbocycles. The fourth-order valence-corrected chi connectivity index (χ4v) is 3.45. The monoisotopic (exact) mass is 408 g/mol. The molecule has 7 heteroatoms. The van der Waals surface area contributed by atoms with Gasteiger partial charge >= 0.3 is 0 Å². The molecule has 1 aromatic heterocycles. The second-order valence-electron chi connectivity index (χ2n) is 7.00. The maximum Gasteiger partial charge on any atom is 0.258 e. The fourth-order valence-electron chi connectivity index (χ4n) is 3.45. The van der Waals surface area contributed by atoms with Gasteiger partial charge in [-0.2, -0.15) is 0 Å². The van der Waals surface area contributed by atoms with Crippen molar-refractivity contribution in [3.05, 3.63) is 89.1 Å². The van der Waals surface area contributed by atoms with Crippen molar-refractivity contribution < 1.29 is 23.1 Å². The molecule has 154 valence electrons. The minimum atomic E-state index is -0.325. The molecule has 6 nitrogen and oxygen atoms in total. The van der Waals surface area contributed by atoms with E-state index in [1.165, 1.54) is 6.07 Å². The summed E-state index contributed by atoms with van der Waals surface area (Å²) in [5.74, 6) is 0.383. The van der Waals surface area contributed by atoms with E-state index in [1.54, 1.807) is 59.7 Å². The molecule has 1 N–H and O–H groups in total. The number of carbonyl (C=O) groups is 2. The predicted molar refractivity (Wildman–Crippen MR) is 107 cm³/mol. The smallest absolute Gasteiger partial charge is 0.258 e. The van der Waals surface area contributed by atoms with E-state index < -0.39 is 0 Å². The Bertz CT molecular complexity index is 1050. The number of halogens is 1. The lowest BCUT2D eigenvalue weighted by Crippen LogP contribution is -2.37. The molecule has 0 bridgehead atoms. The van der Waals surface area contributed by atoms with Crippen molar-refractivity contribution in [2.45, 2.75) is 19.5 Å². The first-order valence-electron chi connectivity index (χ1n) is 9.68. The minimum absolute atomic E-state index is 0.162. The van der Waals surface area contributed by atoms with Crippen molar-refractivity contribution in [2.24, 2.45) is 0 Å². The van der Waals surface area contributed by atoms with E-state index in [0.29, 0.717) is 35.6 Å². The number of rotatable bonds is 7. The predicted octanol–water partition coefficient (Wildman–Crippen LogP) is 3.31. The van der Waals surface area contributed by atoms with Crippen LogP contribution < -0.4 is 10.1 Å². The van der Waals surface area contributed by atoms with Crippen molar-refractivity contribution >= 4 is 11.8 Å². The first-order valence-corrected chi connectivity index (χ1v) is 9.68. The molecule has 0 spiro atoms. The number of benzene rings is 2. The molecule has 0 saturated heterocycles. The van der Waals surface area contributed by atoms with Gasteiger partial charge in [0.1, 0.15) is 17.3 Å². The fraction of sp³-hybridized carbons (Fsp3) is 0.217. The van der Waals surface area contributed by atoms with Gasteiger partial charge in [-0.25, -0.2) is 4.39 Å². The van der Waals surface area contributed by atoms with Crippen LogP contribution in [0.25, 0.3) is 0 Å². The minimum Gasteiger partial charge on any atom is -0.483 e. The standard InChI is InChI=1S/C23H21FN2O4/c24-20-8-2-1-5-16(20)14-26-11-10-18-19(23(26)28)7-3-9-21(18)30-15-22(27)25-13-17-6-4-12-29-17/h1-9,12H,10-11,13-15H2,(H,25,27).